The molecule has 0 radical (unpaired) electrons. The highest BCUT2D eigenvalue weighted by molar-refractivity contribution is 6.16. The zero-order valence-electron chi connectivity index (χ0n) is 27.4. The first kappa shape index (κ1) is 30.3. The minimum absolute atomic E-state index is 0.0204. The number of aromatic hydroxyl groups is 1. The van der Waals surface area contributed by atoms with Crippen LogP contribution in [0.25, 0.3) is 16.8 Å². The second kappa shape index (κ2) is 11.9. The lowest BCUT2D eigenvalue weighted by Gasteiger charge is -2.35. The molecule has 2 aliphatic heterocycles. The van der Waals surface area contributed by atoms with E-state index in [2.05, 4.69) is 24.0 Å². The van der Waals surface area contributed by atoms with Crippen LogP contribution in [0.3, 0.4) is 0 Å². The number of pyridine rings is 2. The zero-order valence-corrected chi connectivity index (χ0v) is 27.4. The number of carbonyl (C=O) groups is 2. The summed E-state index contributed by atoms with van der Waals surface area (Å²) in [6, 6.07) is 29.6. The summed E-state index contributed by atoms with van der Waals surface area (Å²) in [4.78, 5) is 37.5. The molecule has 1 atom stereocenters. The van der Waals surface area contributed by atoms with Crippen LogP contribution < -0.4 is 14.4 Å². The molecule has 0 aliphatic carbocycles. The predicted octanol–water partition coefficient (Wildman–Crippen LogP) is 7.62. The summed E-state index contributed by atoms with van der Waals surface area (Å²) in [5.41, 5.74) is 8.03. The number of aryl methyl sites for hydroxylation is 2. The largest absolute Gasteiger partial charge is 0.508 e. The Labute approximate surface area is 283 Å². The Morgan fingerprint density at radius 3 is 2.27 bits per heavy atom. The molecule has 3 aromatic heterocycles. The number of benzene rings is 3. The minimum atomic E-state index is -0.277. The van der Waals surface area contributed by atoms with Crippen molar-refractivity contribution in [2.75, 3.05) is 11.7 Å². The van der Waals surface area contributed by atoms with Crippen LogP contribution in [0.5, 0.6) is 17.2 Å². The maximum Gasteiger partial charge on any atom is 0.265 e. The Balaban J connectivity index is 1.28. The van der Waals surface area contributed by atoms with Gasteiger partial charge < -0.3 is 23.9 Å². The predicted molar refractivity (Wildman–Crippen MR) is 187 cm³/mol. The summed E-state index contributed by atoms with van der Waals surface area (Å²) < 4.78 is 13.5. The number of carbonyl (C=O) groups excluding carboxylic acids is 2. The van der Waals surface area contributed by atoms with Gasteiger partial charge in [-0.25, -0.2) is 0 Å². The van der Waals surface area contributed by atoms with Crippen molar-refractivity contribution < 1.29 is 24.2 Å². The third-order valence-corrected chi connectivity index (χ3v) is 9.33. The molecule has 9 nitrogen and oxygen atoms in total. The lowest BCUT2D eigenvalue weighted by atomic mass is 9.93. The van der Waals surface area contributed by atoms with Crippen molar-refractivity contribution >= 4 is 28.7 Å². The third-order valence-electron chi connectivity index (χ3n) is 9.33. The van der Waals surface area contributed by atoms with Crippen LogP contribution in [-0.2, 0) is 13.0 Å². The molecule has 0 bridgehead atoms. The maximum atomic E-state index is 14.8. The van der Waals surface area contributed by atoms with Gasteiger partial charge in [-0.1, -0.05) is 30.3 Å². The molecule has 49 heavy (non-hydrogen) atoms. The topological polar surface area (TPSA) is 96.6 Å². The monoisotopic (exact) mass is 650 g/mol. The average Bonchev–Trinajstić information content (AvgIpc) is 3.72. The van der Waals surface area contributed by atoms with E-state index < -0.39 is 0 Å². The highest BCUT2D eigenvalue weighted by Crippen LogP contribution is 2.42. The molecular formula is C40H34N4O5. The normalized spacial score (nSPS) is 14.9. The summed E-state index contributed by atoms with van der Waals surface area (Å²) in [7, 11) is 0. The summed E-state index contributed by atoms with van der Waals surface area (Å²) in [5, 5.41) is 10.1. The molecule has 0 saturated heterocycles. The van der Waals surface area contributed by atoms with Gasteiger partial charge in [0.25, 0.3) is 11.8 Å². The molecule has 8 rings (SSSR count). The molecule has 0 saturated carbocycles. The Morgan fingerprint density at radius 2 is 1.51 bits per heavy atom. The Hall–Kier alpha value is -6.09. The highest BCUT2D eigenvalue weighted by atomic mass is 16.7. The molecule has 9 heteroatoms. The fraction of sp³-hybridized carbons (Fsp3) is 0.175. The van der Waals surface area contributed by atoms with E-state index in [9.17, 15) is 14.7 Å². The number of aromatic nitrogens is 2. The summed E-state index contributed by atoms with van der Waals surface area (Å²) >= 11 is 0. The van der Waals surface area contributed by atoms with Gasteiger partial charge in [-0.3, -0.25) is 19.5 Å². The quantitative estimate of drug-likeness (QED) is 0.206. The summed E-state index contributed by atoms with van der Waals surface area (Å²) in [6.45, 7) is 6.41. The van der Waals surface area contributed by atoms with Crippen molar-refractivity contribution in [3.05, 3.63) is 137 Å². The van der Waals surface area contributed by atoms with Crippen LogP contribution in [0.1, 0.15) is 50.2 Å². The molecular weight excluding hydrogens is 616 g/mol. The van der Waals surface area contributed by atoms with Crippen LogP contribution in [0.4, 0.5) is 11.4 Å². The lowest BCUT2D eigenvalue weighted by Crippen LogP contribution is -2.42. The molecule has 2 amide bonds. The first-order valence-electron chi connectivity index (χ1n) is 16.3. The number of phenolic OH excluding ortho intramolecular Hbond substituents is 1. The zero-order chi connectivity index (χ0) is 33.8. The molecule has 2 aliphatic rings. The number of anilines is 2. The Bertz CT molecular complexity index is 2260. The molecule has 5 heterocycles. The second-order valence-electron chi connectivity index (χ2n) is 12.7. The van der Waals surface area contributed by atoms with E-state index in [1.165, 1.54) is 5.56 Å². The first-order chi connectivity index (χ1) is 23.7. The van der Waals surface area contributed by atoms with E-state index in [4.69, 9.17) is 9.47 Å². The number of hydrogen-bond acceptors (Lipinski definition) is 6. The van der Waals surface area contributed by atoms with E-state index in [1.807, 2.05) is 83.9 Å². The SMILES string of the molecule is Cc1cc(N(C(=O)c2cc(-c3cc4c(cc3C(=O)N3Cc5ccccc5C[C@H]3C)OCO4)n3ccccc23)c2ccc(O)cc2)cc(C)n1. The van der Waals surface area contributed by atoms with Crippen LogP contribution >= 0.6 is 0 Å². The number of amides is 2. The maximum absolute atomic E-state index is 14.8. The van der Waals surface area contributed by atoms with Gasteiger partial charge in [-0.15, -0.1) is 0 Å². The molecule has 244 valence electrons. The molecule has 0 spiro atoms. The van der Waals surface area contributed by atoms with Gasteiger partial charge in [0.05, 0.1) is 28.0 Å². The van der Waals surface area contributed by atoms with E-state index in [0.29, 0.717) is 57.3 Å². The van der Waals surface area contributed by atoms with Gasteiger partial charge in [0, 0.05) is 41.4 Å². The molecule has 3 aromatic carbocycles. The van der Waals surface area contributed by atoms with Gasteiger partial charge in [0.15, 0.2) is 11.5 Å². The van der Waals surface area contributed by atoms with E-state index in [0.717, 1.165) is 23.4 Å². The fourth-order valence-corrected chi connectivity index (χ4v) is 7.02. The standard InChI is InChI=1S/C40H34N4O5/c1-24-16-30(17-25(2)41-24)44(29-11-13-31(45)14-12-29)40(47)34-19-36(42-15-7-6-10-35(34)42)32-20-37-38(49-23-48-37)21-33(32)39(46)43-22-28-9-5-4-8-27(28)18-26(43)3/h4-17,19-21,26,45H,18,22-23H2,1-3H3/t26-/m1/s1. The average molecular weight is 651 g/mol. The van der Waals surface area contributed by atoms with Gasteiger partial charge in [-0.2, -0.15) is 0 Å². The van der Waals surface area contributed by atoms with E-state index in [-0.39, 0.29) is 30.4 Å². The molecule has 1 N–H and O–H groups in total. The highest BCUT2D eigenvalue weighted by Gasteiger charge is 2.33. The fourth-order valence-electron chi connectivity index (χ4n) is 7.02. The van der Waals surface area contributed by atoms with Gasteiger partial charge in [-0.05, 0) is 105 Å². The summed E-state index contributed by atoms with van der Waals surface area (Å²) in [6.07, 6.45) is 2.65. The van der Waals surface area contributed by atoms with Crippen molar-refractivity contribution in [2.45, 2.75) is 39.8 Å². The van der Waals surface area contributed by atoms with Crippen molar-refractivity contribution in [1.29, 1.82) is 0 Å². The number of nitrogens with zero attached hydrogens (tertiary/aromatic N) is 4. The number of phenols is 1. The second-order valence-corrected chi connectivity index (χ2v) is 12.7. The molecule has 0 unspecified atom stereocenters. The lowest BCUT2D eigenvalue weighted by molar-refractivity contribution is 0.0658. The number of rotatable bonds is 5. The van der Waals surface area contributed by atoms with Crippen LogP contribution in [-0.4, -0.2) is 44.0 Å². The Morgan fingerprint density at radius 1 is 0.816 bits per heavy atom. The van der Waals surface area contributed by atoms with Crippen molar-refractivity contribution in [3.63, 3.8) is 0 Å². The third kappa shape index (κ3) is 5.33. The van der Waals surface area contributed by atoms with Gasteiger partial charge >= 0.3 is 0 Å². The summed E-state index contributed by atoms with van der Waals surface area (Å²) in [5.74, 6) is 0.747. The Kier molecular flexibility index (Phi) is 7.32. The molecule has 0 fully saturated rings. The number of fused-ring (bicyclic) bond motifs is 3. The van der Waals surface area contributed by atoms with Crippen molar-refractivity contribution in [1.82, 2.24) is 14.3 Å². The number of ether oxygens (including phenoxy) is 2. The van der Waals surface area contributed by atoms with Gasteiger partial charge in [0.2, 0.25) is 6.79 Å². The van der Waals surface area contributed by atoms with Gasteiger partial charge in [0.1, 0.15) is 5.75 Å². The smallest absolute Gasteiger partial charge is 0.265 e. The van der Waals surface area contributed by atoms with E-state index in [1.54, 1.807) is 35.2 Å². The van der Waals surface area contributed by atoms with Crippen molar-refractivity contribution in [3.8, 4) is 28.5 Å². The van der Waals surface area contributed by atoms with Crippen LogP contribution in [0.2, 0.25) is 0 Å². The van der Waals surface area contributed by atoms with Crippen LogP contribution in [0, 0.1) is 13.8 Å². The van der Waals surface area contributed by atoms with Crippen molar-refractivity contribution in [2.24, 2.45) is 0 Å². The van der Waals surface area contributed by atoms with E-state index >= 15 is 0 Å². The number of hydrogen-bond donors (Lipinski definition) is 1. The first-order valence-corrected chi connectivity index (χ1v) is 16.3. The molecule has 6 aromatic rings. The van der Waals surface area contributed by atoms with Crippen LogP contribution in [0.15, 0.2) is 103 Å². The minimum Gasteiger partial charge on any atom is -0.508 e.